The van der Waals surface area contributed by atoms with Crippen LogP contribution in [0, 0.1) is 0 Å². The van der Waals surface area contributed by atoms with Gasteiger partial charge >= 0.3 is 0 Å². The largest absolute Gasteiger partial charge is 0.382 e. The van der Waals surface area contributed by atoms with E-state index in [0.29, 0.717) is 5.82 Å². The van der Waals surface area contributed by atoms with Gasteiger partial charge in [-0.15, -0.1) is 0 Å². The number of nitrogen functional groups attached to an aromatic ring is 1. The maximum atomic E-state index is 5.99. The van der Waals surface area contributed by atoms with Crippen LogP contribution < -0.4 is 11.1 Å². The van der Waals surface area contributed by atoms with E-state index in [1.54, 1.807) is 11.8 Å². The summed E-state index contributed by atoms with van der Waals surface area (Å²) < 4.78 is 4.26. The Morgan fingerprint density at radius 3 is 3.10 bits per heavy atom. The third-order valence-electron chi connectivity index (χ3n) is 3.54. The summed E-state index contributed by atoms with van der Waals surface area (Å²) in [6, 6.07) is 3.93. The van der Waals surface area contributed by atoms with Crippen molar-refractivity contribution < 1.29 is 0 Å². The Morgan fingerprint density at radius 2 is 2.35 bits per heavy atom. The van der Waals surface area contributed by atoms with Crippen LogP contribution in [0.5, 0.6) is 0 Å². The first-order chi connectivity index (χ1) is 9.84. The first-order valence-electron chi connectivity index (χ1n) is 6.92. The number of hydrogen-bond acceptors (Lipinski definition) is 5. The Balaban J connectivity index is 1.71. The molecule has 0 spiro atoms. The molecule has 1 aliphatic carbocycles. The molecule has 1 aliphatic rings. The number of nitrogens with one attached hydrogen (secondary N) is 1. The quantitative estimate of drug-likeness (QED) is 0.823. The predicted octanol–water partition coefficient (Wildman–Crippen LogP) is 3.70. The lowest BCUT2D eigenvalue weighted by Crippen LogP contribution is -2.02. The van der Waals surface area contributed by atoms with Crippen LogP contribution in [0.15, 0.2) is 36.2 Å². The molecule has 0 radical (unpaired) electrons. The van der Waals surface area contributed by atoms with Crippen molar-refractivity contribution in [2.24, 2.45) is 0 Å². The van der Waals surface area contributed by atoms with Crippen LogP contribution >= 0.6 is 11.5 Å². The number of anilines is 2. The van der Waals surface area contributed by atoms with E-state index in [1.807, 2.05) is 18.3 Å². The van der Waals surface area contributed by atoms with Gasteiger partial charge in [0.1, 0.15) is 10.8 Å². The highest BCUT2D eigenvalue weighted by Crippen LogP contribution is 2.36. The molecule has 0 fully saturated rings. The van der Waals surface area contributed by atoms with Crippen molar-refractivity contribution in [2.45, 2.75) is 25.7 Å². The minimum atomic E-state index is 0.575. The van der Waals surface area contributed by atoms with Crippen molar-refractivity contribution in [1.82, 2.24) is 9.36 Å². The van der Waals surface area contributed by atoms with E-state index in [-0.39, 0.29) is 0 Å². The second-order valence-corrected chi connectivity index (χ2v) is 5.72. The van der Waals surface area contributed by atoms with E-state index in [4.69, 9.17) is 5.73 Å². The van der Waals surface area contributed by atoms with Gasteiger partial charge in [0, 0.05) is 24.5 Å². The second-order valence-electron chi connectivity index (χ2n) is 4.95. The number of pyridine rings is 1. The predicted molar refractivity (Wildman–Crippen MR) is 84.8 cm³/mol. The highest BCUT2D eigenvalue weighted by atomic mass is 32.1. The smallest absolute Gasteiger partial charge is 0.147 e. The Labute approximate surface area is 122 Å². The van der Waals surface area contributed by atoms with Crippen LogP contribution in [-0.4, -0.2) is 15.9 Å². The van der Waals surface area contributed by atoms with Crippen molar-refractivity contribution >= 4 is 22.4 Å². The summed E-state index contributed by atoms with van der Waals surface area (Å²) in [7, 11) is 0. The van der Waals surface area contributed by atoms with E-state index in [0.717, 1.165) is 29.1 Å². The highest BCUT2D eigenvalue weighted by molar-refractivity contribution is 7.11. The lowest BCUT2D eigenvalue weighted by atomic mass is 10.1. The molecule has 0 atom stereocenters. The fourth-order valence-electron chi connectivity index (χ4n) is 2.51. The summed E-state index contributed by atoms with van der Waals surface area (Å²) in [6.07, 6.45) is 10.9. The minimum absolute atomic E-state index is 0.575. The van der Waals surface area contributed by atoms with Crippen LogP contribution in [0.3, 0.4) is 0 Å². The molecule has 0 aliphatic heterocycles. The van der Waals surface area contributed by atoms with Gasteiger partial charge in [-0.2, -0.15) is 4.37 Å². The molecular weight excluding hydrogens is 268 g/mol. The average molecular weight is 286 g/mol. The van der Waals surface area contributed by atoms with E-state index in [2.05, 4.69) is 20.8 Å². The van der Waals surface area contributed by atoms with Gasteiger partial charge in [-0.05, 0) is 43.3 Å². The maximum Gasteiger partial charge on any atom is 0.147 e. The molecule has 104 valence electrons. The van der Waals surface area contributed by atoms with Gasteiger partial charge in [-0.25, -0.2) is 0 Å². The normalized spacial score (nSPS) is 14.3. The molecule has 4 nitrogen and oxygen atoms in total. The monoisotopic (exact) mass is 286 g/mol. The van der Waals surface area contributed by atoms with Crippen molar-refractivity contribution in [3.05, 3.63) is 36.2 Å². The van der Waals surface area contributed by atoms with Gasteiger partial charge in [0.15, 0.2) is 0 Å². The fourth-order valence-corrected chi connectivity index (χ4v) is 3.27. The SMILES string of the molecule is Nc1nsc(NCCC2=CCCC2)c1-c1cccnc1. The van der Waals surface area contributed by atoms with Crippen molar-refractivity contribution in [3.8, 4) is 11.1 Å². The Bertz CT molecular complexity index is 604. The zero-order valence-corrected chi connectivity index (χ0v) is 12.1. The van der Waals surface area contributed by atoms with Crippen LogP contribution in [0.25, 0.3) is 11.1 Å². The molecule has 3 N–H and O–H groups in total. The summed E-state index contributed by atoms with van der Waals surface area (Å²) in [6.45, 7) is 0.931. The maximum absolute atomic E-state index is 5.99. The van der Waals surface area contributed by atoms with Gasteiger partial charge in [0.25, 0.3) is 0 Å². The highest BCUT2D eigenvalue weighted by Gasteiger charge is 2.13. The summed E-state index contributed by atoms with van der Waals surface area (Å²) in [5.74, 6) is 0.575. The first kappa shape index (κ1) is 13.1. The Hall–Kier alpha value is -1.88. The molecule has 20 heavy (non-hydrogen) atoms. The summed E-state index contributed by atoms with van der Waals surface area (Å²) in [4.78, 5) is 4.15. The van der Waals surface area contributed by atoms with Gasteiger partial charge in [-0.3, -0.25) is 4.98 Å². The number of hydrogen-bond donors (Lipinski definition) is 2. The van der Waals surface area contributed by atoms with Crippen molar-refractivity contribution in [1.29, 1.82) is 0 Å². The molecule has 2 aromatic heterocycles. The molecule has 2 heterocycles. The zero-order valence-electron chi connectivity index (χ0n) is 11.3. The molecule has 0 aromatic carbocycles. The van der Waals surface area contributed by atoms with E-state index in [9.17, 15) is 0 Å². The van der Waals surface area contributed by atoms with Gasteiger partial charge in [0.2, 0.25) is 0 Å². The van der Waals surface area contributed by atoms with Gasteiger partial charge < -0.3 is 11.1 Å². The average Bonchev–Trinajstić information content (AvgIpc) is 3.10. The Kier molecular flexibility index (Phi) is 3.97. The number of aromatic nitrogens is 2. The number of nitrogens with zero attached hydrogens (tertiary/aromatic N) is 2. The van der Waals surface area contributed by atoms with E-state index in [1.165, 1.54) is 30.8 Å². The summed E-state index contributed by atoms with van der Waals surface area (Å²) >= 11 is 1.42. The molecule has 0 bridgehead atoms. The van der Waals surface area contributed by atoms with Crippen LogP contribution in [-0.2, 0) is 0 Å². The number of rotatable bonds is 5. The van der Waals surface area contributed by atoms with Crippen LogP contribution in [0.1, 0.15) is 25.7 Å². The standard InChI is InChI=1S/C15H18N4S/c16-14-13(12-6-3-8-17-10-12)15(20-19-14)18-9-7-11-4-1-2-5-11/h3-4,6,8,10,18H,1-2,5,7,9H2,(H2,16,19). The summed E-state index contributed by atoms with van der Waals surface area (Å²) in [5, 5.41) is 4.50. The second kappa shape index (κ2) is 6.05. The van der Waals surface area contributed by atoms with E-state index >= 15 is 0 Å². The zero-order chi connectivity index (χ0) is 13.8. The molecule has 0 saturated heterocycles. The van der Waals surface area contributed by atoms with E-state index < -0.39 is 0 Å². The topological polar surface area (TPSA) is 63.8 Å². The third kappa shape index (κ3) is 2.82. The van der Waals surface area contributed by atoms with Crippen molar-refractivity contribution in [3.63, 3.8) is 0 Å². The molecule has 0 unspecified atom stereocenters. The first-order valence-corrected chi connectivity index (χ1v) is 7.69. The fraction of sp³-hybridized carbons (Fsp3) is 0.333. The number of allylic oxidation sites excluding steroid dienone is 1. The van der Waals surface area contributed by atoms with Crippen molar-refractivity contribution in [2.75, 3.05) is 17.6 Å². The van der Waals surface area contributed by atoms with Crippen LogP contribution in [0.2, 0.25) is 0 Å². The molecule has 5 heteroatoms. The lowest BCUT2D eigenvalue weighted by Gasteiger charge is -2.07. The molecule has 0 amide bonds. The molecule has 3 rings (SSSR count). The lowest BCUT2D eigenvalue weighted by molar-refractivity contribution is 0.864. The molecular formula is C15H18N4S. The number of nitrogens with two attached hydrogens (primary N) is 1. The third-order valence-corrected chi connectivity index (χ3v) is 4.35. The molecule has 2 aromatic rings. The Morgan fingerprint density at radius 1 is 1.40 bits per heavy atom. The van der Waals surface area contributed by atoms with Gasteiger partial charge in [0.05, 0.1) is 5.56 Å². The summed E-state index contributed by atoms with van der Waals surface area (Å²) in [5.41, 5.74) is 9.55. The van der Waals surface area contributed by atoms with Gasteiger partial charge in [-0.1, -0.05) is 17.7 Å². The van der Waals surface area contributed by atoms with Crippen LogP contribution in [0.4, 0.5) is 10.8 Å². The molecule has 0 saturated carbocycles. The minimum Gasteiger partial charge on any atom is -0.382 e.